The predicted molar refractivity (Wildman–Crippen MR) is 142 cm³/mol. The van der Waals surface area contributed by atoms with Crippen molar-refractivity contribution in [1.82, 2.24) is 14.8 Å². The molecule has 200 valence electrons. The summed E-state index contributed by atoms with van der Waals surface area (Å²) in [6, 6.07) is 13.4. The van der Waals surface area contributed by atoms with Gasteiger partial charge in [-0.05, 0) is 44.0 Å². The smallest absolute Gasteiger partial charge is 0.250 e. The van der Waals surface area contributed by atoms with Crippen LogP contribution in [0.5, 0.6) is 5.75 Å². The second-order valence-corrected chi connectivity index (χ2v) is 10.5. The molecule has 38 heavy (non-hydrogen) atoms. The number of ether oxygens (including phenoxy) is 2. The van der Waals surface area contributed by atoms with Crippen LogP contribution in [0.25, 0.3) is 0 Å². The molecule has 1 atom stereocenters. The van der Waals surface area contributed by atoms with Gasteiger partial charge in [-0.15, -0.1) is 10.2 Å². The molecule has 9 nitrogen and oxygen atoms in total. The summed E-state index contributed by atoms with van der Waals surface area (Å²) in [5.74, 6) is -0.0864. The lowest BCUT2D eigenvalue weighted by atomic mass is 9.90. The molecule has 11 heteroatoms. The molecule has 1 aliphatic heterocycles. The summed E-state index contributed by atoms with van der Waals surface area (Å²) in [7, 11) is 1.60. The van der Waals surface area contributed by atoms with E-state index >= 15 is 0 Å². The predicted octanol–water partition coefficient (Wildman–Crippen LogP) is 4.59. The van der Waals surface area contributed by atoms with Crippen LogP contribution in [0.1, 0.15) is 44.5 Å². The molecular formula is C27H30FN5O4S. The van der Waals surface area contributed by atoms with Crippen LogP contribution in [-0.4, -0.2) is 51.6 Å². The average Bonchev–Trinajstić information content (AvgIpc) is 3.56. The Morgan fingerprint density at radius 1 is 1.16 bits per heavy atom. The van der Waals surface area contributed by atoms with E-state index in [9.17, 15) is 14.0 Å². The molecule has 1 aliphatic carbocycles. The minimum atomic E-state index is -0.873. The van der Waals surface area contributed by atoms with E-state index in [1.165, 1.54) is 17.8 Å². The maximum Gasteiger partial charge on any atom is 0.250 e. The van der Waals surface area contributed by atoms with E-state index < -0.39 is 11.4 Å². The summed E-state index contributed by atoms with van der Waals surface area (Å²) in [4.78, 5) is 28.7. The van der Waals surface area contributed by atoms with Crippen molar-refractivity contribution < 1.29 is 23.5 Å². The highest BCUT2D eigenvalue weighted by molar-refractivity contribution is 7.99. The SMILES string of the molecule is COC[C@H](C)n1c(COc2ccccc2F)nnc1SCC(=O)N1c2ccccc2NC(=O)C12CCCC2. The summed E-state index contributed by atoms with van der Waals surface area (Å²) < 4.78 is 26.9. The zero-order valence-corrected chi connectivity index (χ0v) is 22.2. The highest BCUT2D eigenvalue weighted by atomic mass is 32.2. The van der Waals surface area contributed by atoms with Crippen LogP contribution < -0.4 is 15.0 Å². The van der Waals surface area contributed by atoms with Gasteiger partial charge in [-0.25, -0.2) is 4.39 Å². The van der Waals surface area contributed by atoms with Gasteiger partial charge in [0, 0.05) is 7.11 Å². The second-order valence-electron chi connectivity index (χ2n) is 9.52. The minimum Gasteiger partial charge on any atom is -0.483 e. The molecule has 1 spiro atoms. The van der Waals surface area contributed by atoms with Crippen molar-refractivity contribution in [2.45, 2.75) is 56.0 Å². The number of para-hydroxylation sites is 3. The molecule has 5 rings (SSSR count). The first-order valence-corrected chi connectivity index (χ1v) is 13.6. The quantitative estimate of drug-likeness (QED) is 0.397. The van der Waals surface area contributed by atoms with Gasteiger partial charge in [0.15, 0.2) is 22.5 Å². The van der Waals surface area contributed by atoms with E-state index in [0.29, 0.717) is 41.8 Å². The molecule has 3 aromatic rings. The van der Waals surface area contributed by atoms with Crippen LogP contribution in [0.2, 0.25) is 0 Å². The summed E-state index contributed by atoms with van der Waals surface area (Å²) in [6.07, 6.45) is 3.03. The normalized spacial score (nSPS) is 16.8. The molecular weight excluding hydrogens is 509 g/mol. The molecule has 0 bridgehead atoms. The van der Waals surface area contributed by atoms with Crippen molar-refractivity contribution >= 4 is 35.0 Å². The third-order valence-electron chi connectivity index (χ3n) is 7.03. The number of carbonyl (C=O) groups is 2. The molecule has 0 radical (unpaired) electrons. The van der Waals surface area contributed by atoms with Crippen LogP contribution in [0.15, 0.2) is 53.7 Å². The molecule has 1 aromatic heterocycles. The van der Waals surface area contributed by atoms with Gasteiger partial charge in [0.2, 0.25) is 5.91 Å². The summed E-state index contributed by atoms with van der Waals surface area (Å²) in [5.41, 5.74) is 0.479. The van der Waals surface area contributed by atoms with Gasteiger partial charge in [0.1, 0.15) is 12.1 Å². The van der Waals surface area contributed by atoms with Gasteiger partial charge < -0.3 is 14.8 Å². The van der Waals surface area contributed by atoms with E-state index in [1.807, 2.05) is 35.8 Å². The van der Waals surface area contributed by atoms with Crippen molar-refractivity contribution in [3.8, 4) is 5.75 Å². The van der Waals surface area contributed by atoms with Crippen LogP contribution in [-0.2, 0) is 20.9 Å². The summed E-state index contributed by atoms with van der Waals surface area (Å²) in [5, 5.41) is 12.1. The maximum atomic E-state index is 14.1. The number of fused-ring (bicyclic) bond motifs is 1. The molecule has 2 aromatic carbocycles. The lowest BCUT2D eigenvalue weighted by Crippen LogP contribution is -2.61. The number of hydrogen-bond acceptors (Lipinski definition) is 7. The minimum absolute atomic E-state index is 0.000718. The molecule has 2 heterocycles. The third kappa shape index (κ3) is 4.88. The Hall–Kier alpha value is -3.44. The van der Waals surface area contributed by atoms with Crippen LogP contribution >= 0.6 is 11.8 Å². The summed E-state index contributed by atoms with van der Waals surface area (Å²) in [6.45, 7) is 2.33. The van der Waals surface area contributed by atoms with Crippen LogP contribution in [0, 0.1) is 5.82 Å². The van der Waals surface area contributed by atoms with Crippen molar-refractivity contribution in [3.63, 3.8) is 0 Å². The first-order valence-electron chi connectivity index (χ1n) is 12.6. The number of thioether (sulfide) groups is 1. The Bertz CT molecular complexity index is 1330. The molecule has 1 N–H and O–H groups in total. The van der Waals surface area contributed by atoms with Crippen LogP contribution in [0.4, 0.5) is 15.8 Å². The number of hydrogen-bond donors (Lipinski definition) is 1. The van der Waals surface area contributed by atoms with Crippen LogP contribution in [0.3, 0.4) is 0 Å². The number of aromatic nitrogens is 3. The van der Waals surface area contributed by atoms with E-state index in [-0.39, 0.29) is 36.0 Å². The number of carbonyl (C=O) groups excluding carboxylic acids is 2. The zero-order chi connectivity index (χ0) is 26.7. The van der Waals surface area contributed by atoms with Gasteiger partial charge in [-0.3, -0.25) is 19.1 Å². The number of nitrogens with one attached hydrogen (secondary N) is 1. The Balaban J connectivity index is 1.38. The average molecular weight is 540 g/mol. The number of anilines is 2. The number of rotatable bonds is 9. The third-order valence-corrected chi connectivity index (χ3v) is 7.95. The fourth-order valence-corrected chi connectivity index (χ4v) is 6.19. The highest BCUT2D eigenvalue weighted by Gasteiger charge is 2.52. The first-order chi connectivity index (χ1) is 18.4. The number of amides is 2. The lowest BCUT2D eigenvalue weighted by molar-refractivity contribution is -0.126. The van der Waals surface area contributed by atoms with Gasteiger partial charge in [-0.2, -0.15) is 0 Å². The van der Waals surface area contributed by atoms with E-state index in [0.717, 1.165) is 12.8 Å². The maximum absolute atomic E-state index is 14.1. The lowest BCUT2D eigenvalue weighted by Gasteiger charge is -2.44. The summed E-state index contributed by atoms with van der Waals surface area (Å²) >= 11 is 1.25. The fourth-order valence-electron chi connectivity index (χ4n) is 5.29. The zero-order valence-electron chi connectivity index (χ0n) is 21.4. The first kappa shape index (κ1) is 26.2. The van der Waals surface area contributed by atoms with Gasteiger partial charge in [0.05, 0.1) is 29.8 Å². The number of methoxy groups -OCH3 is 1. The second kappa shape index (κ2) is 11.1. The van der Waals surface area contributed by atoms with E-state index in [4.69, 9.17) is 9.47 Å². The number of halogens is 1. The van der Waals surface area contributed by atoms with Crippen molar-refractivity contribution in [1.29, 1.82) is 0 Å². The Labute approximate surface area is 224 Å². The molecule has 0 saturated heterocycles. The van der Waals surface area contributed by atoms with Gasteiger partial charge in [-0.1, -0.05) is 48.9 Å². The number of nitrogens with zero attached hydrogens (tertiary/aromatic N) is 4. The van der Waals surface area contributed by atoms with Gasteiger partial charge >= 0.3 is 0 Å². The number of benzene rings is 2. The Morgan fingerprint density at radius 3 is 2.66 bits per heavy atom. The van der Waals surface area contributed by atoms with Crippen molar-refractivity contribution in [3.05, 3.63) is 60.2 Å². The van der Waals surface area contributed by atoms with E-state index in [2.05, 4.69) is 15.5 Å². The largest absolute Gasteiger partial charge is 0.483 e. The van der Waals surface area contributed by atoms with Gasteiger partial charge in [0.25, 0.3) is 5.91 Å². The molecule has 2 amide bonds. The molecule has 2 aliphatic rings. The van der Waals surface area contributed by atoms with E-state index in [1.54, 1.807) is 30.2 Å². The molecule has 1 fully saturated rings. The highest BCUT2D eigenvalue weighted by Crippen LogP contribution is 2.45. The van der Waals surface area contributed by atoms with Crippen molar-refractivity contribution in [2.75, 3.05) is 29.7 Å². The fraction of sp³-hybridized carbons (Fsp3) is 0.407. The Morgan fingerprint density at radius 2 is 1.89 bits per heavy atom. The molecule has 0 unspecified atom stereocenters. The molecule has 1 saturated carbocycles. The van der Waals surface area contributed by atoms with Crippen molar-refractivity contribution in [2.24, 2.45) is 0 Å². The standard InChI is InChI=1S/C27H30FN5O4S/c1-18(15-36-2)32-23(16-37-22-12-6-3-9-19(22)28)30-31-26(32)38-17-24(34)33-21-11-5-4-10-20(21)29-25(35)27(33)13-7-8-14-27/h3-6,9-12,18H,7-8,13-17H2,1-2H3,(H,29,35)/t18-/m0/s1. The topological polar surface area (TPSA) is 98.6 Å². The Kier molecular flexibility index (Phi) is 7.66. The monoisotopic (exact) mass is 539 g/mol.